The van der Waals surface area contributed by atoms with Gasteiger partial charge in [-0.05, 0) is 49.2 Å². The topological polar surface area (TPSA) is 73.3 Å². The monoisotopic (exact) mass is 363 g/mol. The molecule has 6 nitrogen and oxygen atoms in total. The predicted octanol–water partition coefficient (Wildman–Crippen LogP) is 3.79. The van der Waals surface area contributed by atoms with E-state index in [9.17, 15) is 4.79 Å². The highest BCUT2D eigenvalue weighted by molar-refractivity contribution is 5.92. The number of methoxy groups -OCH3 is 1. The molecule has 27 heavy (non-hydrogen) atoms. The van der Waals surface area contributed by atoms with E-state index in [1.165, 1.54) is 0 Å². The summed E-state index contributed by atoms with van der Waals surface area (Å²) >= 11 is 0. The lowest BCUT2D eigenvalue weighted by molar-refractivity contribution is -0.118. The number of aryl methyl sites for hydroxylation is 1. The van der Waals surface area contributed by atoms with Crippen LogP contribution >= 0.6 is 0 Å². The Morgan fingerprint density at radius 1 is 1.00 bits per heavy atom. The highest BCUT2D eigenvalue weighted by Gasteiger charge is 2.07. The fourth-order valence-corrected chi connectivity index (χ4v) is 2.53. The molecule has 6 heteroatoms. The smallest absolute Gasteiger partial charge is 0.262 e. The molecule has 0 bridgehead atoms. The molecule has 138 valence electrons. The predicted molar refractivity (Wildman–Crippen MR) is 104 cm³/mol. The number of nitrogens with one attached hydrogen (secondary N) is 1. The minimum absolute atomic E-state index is 0.0456. The Kier molecular flexibility index (Phi) is 5.66. The second-order valence-electron chi connectivity index (χ2n) is 6.07. The number of carbonyl (C=O) groups is 1. The minimum Gasteiger partial charge on any atom is -0.483 e. The number of aromatic nitrogens is 2. The Labute approximate surface area is 158 Å². The zero-order valence-corrected chi connectivity index (χ0v) is 15.5. The maximum atomic E-state index is 12.1. The number of amides is 1. The minimum atomic E-state index is -0.215. The van der Waals surface area contributed by atoms with E-state index in [1.54, 1.807) is 13.2 Å². The summed E-state index contributed by atoms with van der Waals surface area (Å²) in [6.45, 7) is 3.94. The van der Waals surface area contributed by atoms with Crippen LogP contribution in [-0.2, 0) is 4.79 Å². The standard InChI is InChI=1S/C21H21N3O3/c1-14-5-4-6-19(15(14)2)27-13-20(25)22-17-9-7-16(8-10-17)18-11-12-21(26-3)24-23-18/h4-12H,13H2,1-3H3,(H,22,25). The van der Waals surface area contributed by atoms with E-state index >= 15 is 0 Å². The van der Waals surface area contributed by atoms with Crippen molar-refractivity contribution in [2.24, 2.45) is 0 Å². The molecule has 0 aliphatic rings. The molecule has 0 unspecified atom stereocenters. The average molecular weight is 363 g/mol. The number of nitrogens with zero attached hydrogens (tertiary/aromatic N) is 2. The number of anilines is 1. The zero-order chi connectivity index (χ0) is 19.2. The maximum Gasteiger partial charge on any atom is 0.262 e. The van der Waals surface area contributed by atoms with Gasteiger partial charge in [0, 0.05) is 17.3 Å². The van der Waals surface area contributed by atoms with Gasteiger partial charge in [0.25, 0.3) is 5.91 Å². The quantitative estimate of drug-likeness (QED) is 0.721. The Balaban J connectivity index is 1.58. The van der Waals surface area contributed by atoms with E-state index in [0.717, 1.165) is 28.1 Å². The van der Waals surface area contributed by atoms with Gasteiger partial charge in [-0.25, -0.2) is 0 Å². The molecule has 0 fully saturated rings. The Bertz CT molecular complexity index is 922. The molecule has 1 N–H and O–H groups in total. The third kappa shape index (κ3) is 4.61. The number of carbonyl (C=O) groups excluding carboxylic acids is 1. The van der Waals surface area contributed by atoms with Gasteiger partial charge in [-0.2, -0.15) is 0 Å². The third-order valence-corrected chi connectivity index (χ3v) is 4.23. The summed E-state index contributed by atoms with van der Waals surface area (Å²) in [4.78, 5) is 12.1. The number of hydrogen-bond donors (Lipinski definition) is 1. The summed E-state index contributed by atoms with van der Waals surface area (Å²) in [7, 11) is 1.55. The van der Waals surface area contributed by atoms with Crippen molar-refractivity contribution in [2.75, 3.05) is 19.0 Å². The van der Waals surface area contributed by atoms with Crippen LogP contribution in [0.25, 0.3) is 11.3 Å². The lowest BCUT2D eigenvalue weighted by atomic mass is 10.1. The van der Waals surface area contributed by atoms with Gasteiger partial charge in [0.2, 0.25) is 5.88 Å². The highest BCUT2D eigenvalue weighted by atomic mass is 16.5. The number of hydrogen-bond acceptors (Lipinski definition) is 5. The van der Waals surface area contributed by atoms with E-state index in [4.69, 9.17) is 9.47 Å². The van der Waals surface area contributed by atoms with Gasteiger partial charge in [-0.15, -0.1) is 10.2 Å². The van der Waals surface area contributed by atoms with Crippen molar-refractivity contribution in [3.8, 4) is 22.9 Å². The molecule has 1 heterocycles. The Hall–Kier alpha value is -3.41. The summed E-state index contributed by atoms with van der Waals surface area (Å²) in [6.07, 6.45) is 0. The average Bonchev–Trinajstić information content (AvgIpc) is 2.70. The Morgan fingerprint density at radius 3 is 2.44 bits per heavy atom. The van der Waals surface area contributed by atoms with Crippen LogP contribution in [0.4, 0.5) is 5.69 Å². The number of ether oxygens (including phenoxy) is 2. The number of rotatable bonds is 6. The third-order valence-electron chi connectivity index (χ3n) is 4.23. The molecule has 0 spiro atoms. The first-order chi connectivity index (χ1) is 13.1. The van der Waals surface area contributed by atoms with E-state index in [1.807, 2.05) is 62.4 Å². The molecule has 0 aliphatic carbocycles. The van der Waals surface area contributed by atoms with E-state index in [0.29, 0.717) is 11.6 Å². The summed E-state index contributed by atoms with van der Waals surface area (Å²) in [5, 5.41) is 10.9. The molecule has 2 aromatic carbocycles. The van der Waals surface area contributed by atoms with Crippen molar-refractivity contribution in [2.45, 2.75) is 13.8 Å². The summed E-state index contributed by atoms with van der Waals surface area (Å²) < 4.78 is 10.6. The van der Waals surface area contributed by atoms with Gasteiger partial charge in [0.1, 0.15) is 5.75 Å². The molecule has 3 rings (SSSR count). The fraction of sp³-hybridized carbons (Fsp3) is 0.190. The summed E-state index contributed by atoms with van der Waals surface area (Å²) in [5.41, 5.74) is 4.48. The van der Waals surface area contributed by atoms with Gasteiger partial charge in [0.05, 0.1) is 12.8 Å². The van der Waals surface area contributed by atoms with Crippen molar-refractivity contribution in [3.05, 3.63) is 65.7 Å². The molecular weight excluding hydrogens is 342 g/mol. The van der Waals surface area contributed by atoms with Crippen molar-refractivity contribution in [1.82, 2.24) is 10.2 Å². The molecule has 1 aromatic heterocycles. The molecule has 0 atom stereocenters. The molecule has 3 aromatic rings. The van der Waals surface area contributed by atoms with Crippen molar-refractivity contribution >= 4 is 11.6 Å². The first-order valence-electron chi connectivity index (χ1n) is 8.54. The van der Waals surface area contributed by atoms with Gasteiger partial charge < -0.3 is 14.8 Å². The first kappa shape index (κ1) is 18.4. The second kappa shape index (κ2) is 8.31. The fourth-order valence-electron chi connectivity index (χ4n) is 2.53. The van der Waals surface area contributed by atoms with E-state index in [-0.39, 0.29) is 12.5 Å². The molecule has 0 radical (unpaired) electrons. The summed E-state index contributed by atoms with van der Waals surface area (Å²) in [5.74, 6) is 0.970. The van der Waals surface area contributed by atoms with Crippen molar-refractivity contribution < 1.29 is 14.3 Å². The van der Waals surface area contributed by atoms with Crippen LogP contribution in [0, 0.1) is 13.8 Å². The second-order valence-corrected chi connectivity index (χ2v) is 6.07. The van der Waals surface area contributed by atoms with Gasteiger partial charge in [-0.3, -0.25) is 4.79 Å². The van der Waals surface area contributed by atoms with Gasteiger partial charge in [0.15, 0.2) is 6.61 Å². The SMILES string of the molecule is COc1ccc(-c2ccc(NC(=O)COc3cccc(C)c3C)cc2)nn1. The first-order valence-corrected chi connectivity index (χ1v) is 8.54. The highest BCUT2D eigenvalue weighted by Crippen LogP contribution is 2.21. The lowest BCUT2D eigenvalue weighted by Gasteiger charge is -2.11. The molecule has 0 saturated carbocycles. The maximum absolute atomic E-state index is 12.1. The Morgan fingerprint density at radius 2 is 1.78 bits per heavy atom. The molecule has 0 saturated heterocycles. The van der Waals surface area contributed by atoms with Crippen LogP contribution in [0.2, 0.25) is 0 Å². The van der Waals surface area contributed by atoms with Crippen molar-refractivity contribution in [1.29, 1.82) is 0 Å². The van der Waals surface area contributed by atoms with Crippen LogP contribution in [0.3, 0.4) is 0 Å². The summed E-state index contributed by atoms with van der Waals surface area (Å²) in [6, 6.07) is 16.7. The normalized spacial score (nSPS) is 10.3. The van der Waals surface area contributed by atoms with Gasteiger partial charge >= 0.3 is 0 Å². The van der Waals surface area contributed by atoms with Crippen LogP contribution < -0.4 is 14.8 Å². The molecule has 0 aliphatic heterocycles. The van der Waals surface area contributed by atoms with E-state index < -0.39 is 0 Å². The van der Waals surface area contributed by atoms with Crippen LogP contribution in [0.15, 0.2) is 54.6 Å². The van der Waals surface area contributed by atoms with Crippen LogP contribution in [-0.4, -0.2) is 29.8 Å². The van der Waals surface area contributed by atoms with Crippen molar-refractivity contribution in [3.63, 3.8) is 0 Å². The van der Waals surface area contributed by atoms with Crippen LogP contribution in [0.5, 0.6) is 11.6 Å². The van der Waals surface area contributed by atoms with Gasteiger partial charge in [-0.1, -0.05) is 24.3 Å². The van der Waals surface area contributed by atoms with E-state index in [2.05, 4.69) is 15.5 Å². The van der Waals surface area contributed by atoms with Crippen LogP contribution in [0.1, 0.15) is 11.1 Å². The molecular formula is C21H21N3O3. The lowest BCUT2D eigenvalue weighted by Crippen LogP contribution is -2.20. The number of benzene rings is 2. The zero-order valence-electron chi connectivity index (χ0n) is 15.5. The molecule has 1 amide bonds. The largest absolute Gasteiger partial charge is 0.483 e.